The lowest BCUT2D eigenvalue weighted by atomic mass is 10.1. The number of carbonyl (C=O) groups is 1. The summed E-state index contributed by atoms with van der Waals surface area (Å²) in [7, 11) is 3.34. The zero-order valence-electron chi connectivity index (χ0n) is 9.36. The Kier molecular flexibility index (Phi) is 2.66. The van der Waals surface area contributed by atoms with Crippen LogP contribution >= 0.6 is 0 Å². The highest BCUT2D eigenvalue weighted by Crippen LogP contribution is 2.20. The van der Waals surface area contributed by atoms with Crippen LogP contribution in [0.3, 0.4) is 0 Å². The lowest BCUT2D eigenvalue weighted by molar-refractivity contribution is 0.0601. The molecule has 0 unspecified atom stereocenters. The van der Waals surface area contributed by atoms with Gasteiger partial charge < -0.3 is 15.0 Å². The topological polar surface area (TPSA) is 57.2 Å². The molecule has 2 rings (SSSR count). The van der Waals surface area contributed by atoms with Gasteiger partial charge in [0.05, 0.1) is 12.7 Å². The number of nitrogens with two attached hydrogens (primary N) is 1. The molecule has 0 fully saturated rings. The number of ether oxygens (including phenoxy) is 1. The number of aryl methyl sites for hydroxylation is 1. The summed E-state index contributed by atoms with van der Waals surface area (Å²) < 4.78 is 6.70. The Morgan fingerprint density at radius 3 is 2.81 bits per heavy atom. The zero-order valence-corrected chi connectivity index (χ0v) is 9.36. The molecule has 0 spiro atoms. The maximum absolute atomic E-state index is 11.4. The monoisotopic (exact) mass is 218 g/mol. The molecule has 4 heteroatoms. The molecule has 2 aromatic rings. The summed E-state index contributed by atoms with van der Waals surface area (Å²) in [6.07, 6.45) is 0. The van der Waals surface area contributed by atoms with E-state index in [0.29, 0.717) is 12.1 Å². The van der Waals surface area contributed by atoms with Crippen LogP contribution in [-0.2, 0) is 18.3 Å². The Bertz CT molecular complexity index is 543. The van der Waals surface area contributed by atoms with Crippen LogP contribution in [0.2, 0.25) is 0 Å². The Labute approximate surface area is 93.6 Å². The quantitative estimate of drug-likeness (QED) is 0.776. The van der Waals surface area contributed by atoms with Crippen LogP contribution < -0.4 is 5.73 Å². The molecule has 16 heavy (non-hydrogen) atoms. The molecule has 0 aliphatic heterocycles. The molecule has 0 atom stereocenters. The Hall–Kier alpha value is -1.81. The van der Waals surface area contributed by atoms with E-state index in [9.17, 15) is 4.79 Å². The Morgan fingerprint density at radius 2 is 2.19 bits per heavy atom. The highest BCUT2D eigenvalue weighted by atomic mass is 16.5. The van der Waals surface area contributed by atoms with Crippen LogP contribution in [0, 0.1) is 0 Å². The molecule has 0 radical (unpaired) electrons. The van der Waals surface area contributed by atoms with Crippen molar-refractivity contribution in [2.24, 2.45) is 12.8 Å². The van der Waals surface area contributed by atoms with Gasteiger partial charge in [0.25, 0.3) is 0 Å². The number of benzene rings is 1. The fourth-order valence-corrected chi connectivity index (χ4v) is 1.85. The van der Waals surface area contributed by atoms with Gasteiger partial charge >= 0.3 is 5.97 Å². The summed E-state index contributed by atoms with van der Waals surface area (Å²) in [5.74, 6) is -0.319. The highest BCUT2D eigenvalue weighted by Gasteiger charge is 2.09. The SMILES string of the molecule is COC(=O)c1ccc2c(c1)cc(CN)n2C. The van der Waals surface area contributed by atoms with Gasteiger partial charge in [0.1, 0.15) is 0 Å². The molecule has 0 bridgehead atoms. The molecule has 2 N–H and O–H groups in total. The zero-order chi connectivity index (χ0) is 11.7. The fraction of sp³-hybridized carbons (Fsp3) is 0.250. The first-order valence-corrected chi connectivity index (χ1v) is 5.04. The van der Waals surface area contributed by atoms with E-state index < -0.39 is 0 Å². The predicted molar refractivity (Wildman–Crippen MR) is 62.1 cm³/mol. The van der Waals surface area contributed by atoms with Crippen LogP contribution in [0.4, 0.5) is 0 Å². The molecule has 84 valence electrons. The van der Waals surface area contributed by atoms with Crippen molar-refractivity contribution in [3.05, 3.63) is 35.5 Å². The number of carbonyl (C=O) groups excluding carboxylic acids is 1. The van der Waals surface area contributed by atoms with Crippen molar-refractivity contribution < 1.29 is 9.53 Å². The third-order valence-corrected chi connectivity index (χ3v) is 2.77. The Morgan fingerprint density at radius 1 is 1.44 bits per heavy atom. The lowest BCUT2D eigenvalue weighted by Gasteiger charge is -2.01. The standard InChI is InChI=1S/C12H14N2O2/c1-14-10(7-13)6-9-5-8(12(15)16-2)3-4-11(9)14/h3-6H,7,13H2,1-2H3. The number of hydrogen-bond acceptors (Lipinski definition) is 3. The van der Waals surface area contributed by atoms with Crippen molar-refractivity contribution >= 4 is 16.9 Å². The minimum absolute atomic E-state index is 0.319. The van der Waals surface area contributed by atoms with Crippen LogP contribution in [-0.4, -0.2) is 17.6 Å². The van der Waals surface area contributed by atoms with Gasteiger partial charge in [-0.1, -0.05) is 0 Å². The van der Waals surface area contributed by atoms with Crippen LogP contribution in [0.1, 0.15) is 16.1 Å². The van der Waals surface area contributed by atoms with Gasteiger partial charge in [-0.15, -0.1) is 0 Å². The molecule has 1 aromatic heterocycles. The molecule has 1 heterocycles. The molecule has 0 saturated heterocycles. The van der Waals surface area contributed by atoms with E-state index in [1.165, 1.54) is 7.11 Å². The third kappa shape index (κ3) is 1.57. The van der Waals surface area contributed by atoms with E-state index in [-0.39, 0.29) is 5.97 Å². The van der Waals surface area contributed by atoms with Gasteiger partial charge in [0, 0.05) is 30.2 Å². The van der Waals surface area contributed by atoms with Gasteiger partial charge in [-0.05, 0) is 24.3 Å². The van der Waals surface area contributed by atoms with E-state index in [1.807, 2.05) is 29.8 Å². The molecule has 0 aliphatic rings. The molecule has 0 aliphatic carbocycles. The minimum Gasteiger partial charge on any atom is -0.465 e. The molecular formula is C12H14N2O2. The summed E-state index contributed by atoms with van der Waals surface area (Å²) in [6.45, 7) is 0.485. The van der Waals surface area contributed by atoms with Crippen LogP contribution in [0.5, 0.6) is 0 Å². The number of fused-ring (bicyclic) bond motifs is 1. The predicted octanol–water partition coefficient (Wildman–Crippen LogP) is 1.42. The molecule has 0 saturated carbocycles. The van der Waals surface area contributed by atoms with E-state index in [1.54, 1.807) is 6.07 Å². The van der Waals surface area contributed by atoms with Crippen LogP contribution in [0.15, 0.2) is 24.3 Å². The van der Waals surface area contributed by atoms with E-state index in [4.69, 9.17) is 5.73 Å². The first kappa shape index (κ1) is 10.7. The van der Waals surface area contributed by atoms with Crippen molar-refractivity contribution in [3.63, 3.8) is 0 Å². The fourth-order valence-electron chi connectivity index (χ4n) is 1.85. The van der Waals surface area contributed by atoms with Crippen molar-refractivity contribution in [1.29, 1.82) is 0 Å². The number of nitrogens with zero attached hydrogens (tertiary/aromatic N) is 1. The van der Waals surface area contributed by atoms with E-state index in [2.05, 4.69) is 4.74 Å². The summed E-state index contributed by atoms with van der Waals surface area (Å²) in [4.78, 5) is 11.4. The lowest BCUT2D eigenvalue weighted by Crippen LogP contribution is -2.02. The number of esters is 1. The second-order valence-corrected chi connectivity index (χ2v) is 3.66. The van der Waals surface area contributed by atoms with E-state index >= 15 is 0 Å². The summed E-state index contributed by atoms with van der Waals surface area (Å²) in [5, 5.41) is 1.01. The first-order valence-electron chi connectivity index (χ1n) is 5.04. The Balaban J connectivity index is 2.59. The third-order valence-electron chi connectivity index (χ3n) is 2.77. The van der Waals surface area contributed by atoms with Gasteiger partial charge in [-0.3, -0.25) is 0 Å². The number of rotatable bonds is 2. The number of aromatic nitrogens is 1. The molecular weight excluding hydrogens is 204 g/mol. The maximum atomic E-state index is 11.4. The average molecular weight is 218 g/mol. The van der Waals surface area contributed by atoms with Crippen LogP contribution in [0.25, 0.3) is 10.9 Å². The summed E-state index contributed by atoms with van der Waals surface area (Å²) in [6, 6.07) is 7.47. The van der Waals surface area contributed by atoms with Gasteiger partial charge in [-0.2, -0.15) is 0 Å². The largest absolute Gasteiger partial charge is 0.465 e. The van der Waals surface area contributed by atoms with E-state index in [0.717, 1.165) is 16.6 Å². The summed E-state index contributed by atoms with van der Waals surface area (Å²) in [5.41, 5.74) is 8.29. The maximum Gasteiger partial charge on any atom is 0.337 e. The van der Waals surface area contributed by atoms with Crippen molar-refractivity contribution in [2.45, 2.75) is 6.54 Å². The minimum atomic E-state index is -0.319. The van der Waals surface area contributed by atoms with Crippen molar-refractivity contribution in [2.75, 3.05) is 7.11 Å². The normalized spacial score (nSPS) is 10.7. The average Bonchev–Trinajstić information content (AvgIpc) is 2.64. The second-order valence-electron chi connectivity index (χ2n) is 3.66. The molecule has 1 aromatic carbocycles. The summed E-state index contributed by atoms with van der Waals surface area (Å²) >= 11 is 0. The number of hydrogen-bond donors (Lipinski definition) is 1. The smallest absolute Gasteiger partial charge is 0.337 e. The highest BCUT2D eigenvalue weighted by molar-refractivity contribution is 5.95. The van der Waals surface area contributed by atoms with Crippen molar-refractivity contribution in [1.82, 2.24) is 4.57 Å². The first-order chi connectivity index (χ1) is 7.67. The number of methoxy groups -OCH3 is 1. The van der Waals surface area contributed by atoms with Gasteiger partial charge in [0.2, 0.25) is 0 Å². The molecule has 4 nitrogen and oxygen atoms in total. The molecule has 0 amide bonds. The second kappa shape index (κ2) is 3.98. The van der Waals surface area contributed by atoms with Gasteiger partial charge in [0.15, 0.2) is 0 Å². The van der Waals surface area contributed by atoms with Gasteiger partial charge in [-0.25, -0.2) is 4.79 Å². The van der Waals surface area contributed by atoms with Crippen molar-refractivity contribution in [3.8, 4) is 0 Å².